The fourth-order valence-electron chi connectivity index (χ4n) is 2.60. The number of carbonyl (C=O) groups excluding carboxylic acids is 2. The highest BCUT2D eigenvalue weighted by Crippen LogP contribution is 2.14. The second kappa shape index (κ2) is 11.0. The van der Waals surface area contributed by atoms with Crippen molar-refractivity contribution in [2.45, 2.75) is 45.1 Å². The Kier molecular flexibility index (Phi) is 9.42. The van der Waals surface area contributed by atoms with Crippen LogP contribution >= 0.6 is 12.4 Å². The molecule has 2 rings (SSSR count). The minimum atomic E-state index is -0.0463. The Morgan fingerprint density at radius 1 is 1.25 bits per heavy atom. The summed E-state index contributed by atoms with van der Waals surface area (Å²) in [4.78, 5) is 24.0. The summed E-state index contributed by atoms with van der Waals surface area (Å²) < 4.78 is 5.49. The summed E-state index contributed by atoms with van der Waals surface area (Å²) in [5.41, 5.74) is 0.626. The van der Waals surface area contributed by atoms with Crippen LogP contribution in [0.3, 0.4) is 0 Å². The number of ketones is 1. The van der Waals surface area contributed by atoms with Gasteiger partial charge in [0.2, 0.25) is 5.91 Å². The van der Waals surface area contributed by atoms with Gasteiger partial charge in [0.15, 0.2) is 5.78 Å². The minimum Gasteiger partial charge on any atom is -0.494 e. The normalized spacial score (nSPS) is 16.8. The van der Waals surface area contributed by atoms with Crippen molar-refractivity contribution in [2.24, 2.45) is 0 Å². The summed E-state index contributed by atoms with van der Waals surface area (Å²) in [5.74, 6) is 0.713. The molecule has 0 saturated carbocycles. The SMILES string of the molecule is CCCOc1ccc(C(=O)CCC(=O)N[C@H]2CCCNC2)cc1.Cl. The van der Waals surface area contributed by atoms with Crippen LogP contribution in [0.5, 0.6) is 5.75 Å². The Morgan fingerprint density at radius 3 is 2.62 bits per heavy atom. The summed E-state index contributed by atoms with van der Waals surface area (Å²) >= 11 is 0. The van der Waals surface area contributed by atoms with Gasteiger partial charge in [-0.15, -0.1) is 12.4 Å². The zero-order chi connectivity index (χ0) is 16.5. The van der Waals surface area contributed by atoms with Crippen LogP contribution in [0.15, 0.2) is 24.3 Å². The highest BCUT2D eigenvalue weighted by Gasteiger charge is 2.16. The summed E-state index contributed by atoms with van der Waals surface area (Å²) in [6, 6.07) is 7.32. The molecule has 0 bridgehead atoms. The molecule has 0 spiro atoms. The van der Waals surface area contributed by atoms with Crippen molar-refractivity contribution in [3.05, 3.63) is 29.8 Å². The third-order valence-corrected chi connectivity index (χ3v) is 3.89. The van der Waals surface area contributed by atoms with Gasteiger partial charge in [-0.2, -0.15) is 0 Å². The van der Waals surface area contributed by atoms with E-state index in [1.807, 2.05) is 6.92 Å². The van der Waals surface area contributed by atoms with Crippen molar-refractivity contribution in [1.82, 2.24) is 10.6 Å². The van der Waals surface area contributed by atoms with Crippen LogP contribution < -0.4 is 15.4 Å². The molecule has 1 saturated heterocycles. The molecule has 2 N–H and O–H groups in total. The first-order chi connectivity index (χ1) is 11.2. The molecule has 24 heavy (non-hydrogen) atoms. The van der Waals surface area contributed by atoms with Crippen molar-refractivity contribution in [2.75, 3.05) is 19.7 Å². The number of halogens is 1. The third kappa shape index (κ3) is 6.89. The number of ether oxygens (including phenoxy) is 1. The first kappa shape index (κ1) is 20.5. The lowest BCUT2D eigenvalue weighted by Gasteiger charge is -2.23. The molecule has 1 amide bonds. The number of hydrogen-bond acceptors (Lipinski definition) is 4. The van der Waals surface area contributed by atoms with Crippen molar-refractivity contribution in [1.29, 1.82) is 0 Å². The zero-order valence-corrected chi connectivity index (χ0v) is 15.0. The Morgan fingerprint density at radius 2 is 2.00 bits per heavy atom. The molecule has 1 heterocycles. The fourth-order valence-corrected chi connectivity index (χ4v) is 2.60. The molecular formula is C18H27ClN2O3. The van der Waals surface area contributed by atoms with E-state index in [1.54, 1.807) is 24.3 Å². The van der Waals surface area contributed by atoms with Crippen molar-refractivity contribution < 1.29 is 14.3 Å². The van der Waals surface area contributed by atoms with Gasteiger partial charge < -0.3 is 15.4 Å². The number of amides is 1. The average molecular weight is 355 g/mol. The van der Waals surface area contributed by atoms with Gasteiger partial charge in [-0.3, -0.25) is 9.59 Å². The van der Waals surface area contributed by atoms with E-state index in [2.05, 4.69) is 10.6 Å². The van der Waals surface area contributed by atoms with E-state index >= 15 is 0 Å². The number of nitrogens with one attached hydrogen (secondary N) is 2. The van der Waals surface area contributed by atoms with Gasteiger partial charge in [0.1, 0.15) is 5.75 Å². The molecule has 5 nitrogen and oxygen atoms in total. The molecule has 6 heteroatoms. The van der Waals surface area contributed by atoms with Crippen LogP contribution in [-0.2, 0) is 4.79 Å². The van der Waals surface area contributed by atoms with Crippen molar-refractivity contribution >= 4 is 24.1 Å². The van der Waals surface area contributed by atoms with E-state index in [0.29, 0.717) is 12.2 Å². The van der Waals surface area contributed by atoms with E-state index in [-0.39, 0.29) is 43.0 Å². The molecule has 1 aromatic rings. The maximum atomic E-state index is 12.1. The number of benzene rings is 1. The third-order valence-electron chi connectivity index (χ3n) is 3.89. The second-order valence-electron chi connectivity index (χ2n) is 5.91. The summed E-state index contributed by atoms with van der Waals surface area (Å²) in [7, 11) is 0. The minimum absolute atomic E-state index is 0. The number of rotatable bonds is 8. The predicted molar refractivity (Wildman–Crippen MR) is 97.1 cm³/mol. The Bertz CT molecular complexity index is 514. The topological polar surface area (TPSA) is 67.4 Å². The smallest absolute Gasteiger partial charge is 0.220 e. The van der Waals surface area contributed by atoms with Crippen LogP contribution in [0.1, 0.15) is 49.4 Å². The second-order valence-corrected chi connectivity index (χ2v) is 5.91. The van der Waals surface area contributed by atoms with Crippen LogP contribution in [-0.4, -0.2) is 37.4 Å². The van der Waals surface area contributed by atoms with Crippen molar-refractivity contribution in [3.63, 3.8) is 0 Å². The summed E-state index contributed by atoms with van der Waals surface area (Å²) in [6.07, 6.45) is 3.51. The zero-order valence-electron chi connectivity index (χ0n) is 14.2. The summed E-state index contributed by atoms with van der Waals surface area (Å²) in [6.45, 7) is 4.55. The lowest BCUT2D eigenvalue weighted by Crippen LogP contribution is -2.45. The van der Waals surface area contributed by atoms with E-state index in [4.69, 9.17) is 4.74 Å². The molecule has 134 valence electrons. The maximum absolute atomic E-state index is 12.1. The largest absolute Gasteiger partial charge is 0.494 e. The molecule has 0 radical (unpaired) electrons. The molecular weight excluding hydrogens is 328 g/mol. The van der Waals surface area contributed by atoms with Gasteiger partial charge in [-0.25, -0.2) is 0 Å². The lowest BCUT2D eigenvalue weighted by molar-refractivity contribution is -0.121. The predicted octanol–water partition coefficient (Wildman–Crippen LogP) is 2.73. The van der Waals surface area contributed by atoms with Crippen LogP contribution in [0.2, 0.25) is 0 Å². The molecule has 0 aromatic heterocycles. The van der Waals surface area contributed by atoms with Crippen LogP contribution in [0.25, 0.3) is 0 Å². The fraction of sp³-hybridized carbons (Fsp3) is 0.556. The first-order valence-electron chi connectivity index (χ1n) is 8.45. The standard InChI is InChI=1S/C18H26N2O3.ClH/c1-2-12-23-16-7-5-14(6-8-16)17(21)9-10-18(22)20-15-4-3-11-19-13-15;/h5-8,15,19H,2-4,9-13H2,1H3,(H,20,22);1H/t15-;/m0./s1. The summed E-state index contributed by atoms with van der Waals surface area (Å²) in [5, 5.41) is 6.24. The molecule has 1 fully saturated rings. The average Bonchev–Trinajstić information content (AvgIpc) is 2.59. The molecule has 0 aliphatic carbocycles. The first-order valence-corrected chi connectivity index (χ1v) is 8.45. The van der Waals surface area contributed by atoms with E-state index in [0.717, 1.165) is 38.1 Å². The van der Waals surface area contributed by atoms with Gasteiger partial charge in [0, 0.05) is 31.0 Å². The Balaban J connectivity index is 0.00000288. The van der Waals surface area contributed by atoms with Gasteiger partial charge in [-0.1, -0.05) is 6.92 Å². The van der Waals surface area contributed by atoms with Crippen LogP contribution in [0, 0.1) is 0 Å². The molecule has 1 aliphatic heterocycles. The highest BCUT2D eigenvalue weighted by atomic mass is 35.5. The molecule has 1 atom stereocenters. The molecule has 0 unspecified atom stereocenters. The van der Waals surface area contributed by atoms with Crippen molar-refractivity contribution in [3.8, 4) is 5.75 Å². The van der Waals surface area contributed by atoms with E-state index < -0.39 is 0 Å². The Labute approximate surface area is 149 Å². The van der Waals surface area contributed by atoms with Gasteiger partial charge in [0.25, 0.3) is 0 Å². The van der Waals surface area contributed by atoms with Crippen LogP contribution in [0.4, 0.5) is 0 Å². The number of hydrogen-bond donors (Lipinski definition) is 2. The maximum Gasteiger partial charge on any atom is 0.220 e. The van der Waals surface area contributed by atoms with Gasteiger partial charge >= 0.3 is 0 Å². The van der Waals surface area contributed by atoms with E-state index in [1.165, 1.54) is 0 Å². The van der Waals surface area contributed by atoms with Gasteiger partial charge in [0.05, 0.1) is 6.61 Å². The number of Topliss-reactive ketones (excluding diaryl/α,β-unsaturated/α-hetero) is 1. The monoisotopic (exact) mass is 354 g/mol. The lowest BCUT2D eigenvalue weighted by atomic mass is 10.0. The molecule has 1 aromatic carbocycles. The van der Waals surface area contributed by atoms with E-state index in [9.17, 15) is 9.59 Å². The highest BCUT2D eigenvalue weighted by molar-refractivity contribution is 5.98. The number of carbonyl (C=O) groups is 2. The quantitative estimate of drug-likeness (QED) is 0.704. The van der Waals surface area contributed by atoms with Gasteiger partial charge in [-0.05, 0) is 50.1 Å². The Hall–Kier alpha value is -1.59. The molecule has 1 aliphatic rings. The number of piperidine rings is 1.